The number of Topliss-reactive ketones (excluding diaryl/α,β-unsaturated/α-hetero) is 1. The third-order valence-corrected chi connectivity index (χ3v) is 1.32. The van der Waals surface area contributed by atoms with Crippen LogP contribution in [0.4, 0.5) is 4.39 Å². The van der Waals surface area contributed by atoms with Crippen LogP contribution in [0.3, 0.4) is 0 Å². The van der Waals surface area contributed by atoms with Crippen molar-refractivity contribution in [3.63, 3.8) is 0 Å². The van der Waals surface area contributed by atoms with Crippen LogP contribution in [-0.2, 0) is 0 Å². The number of rotatable bonds is 2. The summed E-state index contributed by atoms with van der Waals surface area (Å²) < 4.78 is 12.4. The topological polar surface area (TPSA) is 55.4 Å². The van der Waals surface area contributed by atoms with Gasteiger partial charge in [-0.1, -0.05) is 0 Å². The lowest BCUT2D eigenvalue weighted by Crippen LogP contribution is -2.01. The summed E-state index contributed by atoms with van der Waals surface area (Å²) in [6, 6.07) is 5.16. The van der Waals surface area contributed by atoms with Gasteiger partial charge in [-0.25, -0.2) is 4.39 Å². The lowest BCUT2D eigenvalue weighted by molar-refractivity contribution is 0.107. The molecule has 0 aliphatic heterocycles. The van der Waals surface area contributed by atoms with Crippen molar-refractivity contribution in [2.75, 3.05) is 0 Å². The van der Waals surface area contributed by atoms with Crippen molar-refractivity contribution in [1.29, 1.82) is 0 Å². The second-order valence-electron chi connectivity index (χ2n) is 2.15. The maximum Gasteiger partial charge on any atom is 0.205 e. The second kappa shape index (κ2) is 3.61. The van der Waals surface area contributed by atoms with E-state index in [1.807, 2.05) is 0 Å². The van der Waals surface area contributed by atoms with Crippen LogP contribution in [0.15, 0.2) is 29.4 Å². The van der Waals surface area contributed by atoms with Crippen molar-refractivity contribution in [1.82, 2.24) is 0 Å². The Bertz CT molecular complexity index is 305. The first-order valence-corrected chi connectivity index (χ1v) is 3.27. The first kappa shape index (κ1) is 8.39. The molecule has 62 valence electrons. The molecule has 0 aliphatic rings. The van der Waals surface area contributed by atoms with Crippen molar-refractivity contribution < 1.29 is 9.18 Å². The lowest BCUT2D eigenvalue weighted by atomic mass is 10.1. The molecule has 12 heavy (non-hydrogen) atoms. The summed E-state index contributed by atoms with van der Waals surface area (Å²) in [4.78, 5) is 11.0. The van der Waals surface area contributed by atoms with Crippen molar-refractivity contribution in [2.24, 2.45) is 10.9 Å². The molecule has 0 radical (unpaired) electrons. The number of carbonyl (C=O) groups is 1. The highest BCUT2D eigenvalue weighted by molar-refractivity contribution is 6.35. The number of hydrazone groups is 1. The fourth-order valence-electron chi connectivity index (χ4n) is 0.756. The van der Waals surface area contributed by atoms with Gasteiger partial charge in [0.05, 0.1) is 6.21 Å². The van der Waals surface area contributed by atoms with Crippen LogP contribution < -0.4 is 5.84 Å². The zero-order chi connectivity index (χ0) is 8.97. The molecule has 0 aliphatic carbocycles. The van der Waals surface area contributed by atoms with Crippen molar-refractivity contribution in [3.05, 3.63) is 35.6 Å². The van der Waals surface area contributed by atoms with E-state index in [1.54, 1.807) is 0 Å². The molecule has 1 rings (SSSR count). The minimum atomic E-state index is -0.378. The van der Waals surface area contributed by atoms with E-state index in [1.165, 1.54) is 24.3 Å². The Morgan fingerprint density at radius 1 is 1.42 bits per heavy atom. The Morgan fingerprint density at radius 3 is 2.50 bits per heavy atom. The van der Waals surface area contributed by atoms with Gasteiger partial charge in [0.25, 0.3) is 0 Å². The summed E-state index contributed by atoms with van der Waals surface area (Å²) in [5.74, 6) is 4.06. The highest BCUT2D eigenvalue weighted by Gasteiger charge is 2.00. The van der Waals surface area contributed by atoms with Crippen LogP contribution in [0.25, 0.3) is 0 Å². The van der Waals surface area contributed by atoms with Gasteiger partial charge in [-0.2, -0.15) is 5.10 Å². The summed E-state index contributed by atoms with van der Waals surface area (Å²) in [6.45, 7) is 0. The maximum atomic E-state index is 12.4. The zero-order valence-corrected chi connectivity index (χ0v) is 6.20. The van der Waals surface area contributed by atoms with E-state index in [4.69, 9.17) is 5.84 Å². The quantitative estimate of drug-likeness (QED) is 0.308. The van der Waals surface area contributed by atoms with Gasteiger partial charge < -0.3 is 5.84 Å². The minimum absolute atomic E-state index is 0.336. The summed E-state index contributed by atoms with van der Waals surface area (Å²) >= 11 is 0. The second-order valence-corrected chi connectivity index (χ2v) is 2.15. The molecule has 2 N–H and O–H groups in total. The van der Waals surface area contributed by atoms with Gasteiger partial charge in [0.2, 0.25) is 5.78 Å². The monoisotopic (exact) mass is 166 g/mol. The molecule has 0 unspecified atom stereocenters. The van der Waals surface area contributed by atoms with Gasteiger partial charge in [0.15, 0.2) is 0 Å². The molecule has 0 bridgehead atoms. The van der Waals surface area contributed by atoms with Crippen LogP contribution in [-0.4, -0.2) is 12.0 Å². The molecule has 0 atom stereocenters. The zero-order valence-electron chi connectivity index (χ0n) is 6.20. The Labute approximate surface area is 68.7 Å². The molecular weight excluding hydrogens is 159 g/mol. The largest absolute Gasteiger partial charge is 0.323 e. The van der Waals surface area contributed by atoms with Crippen molar-refractivity contribution >= 4 is 12.0 Å². The number of hydrogen-bond donors (Lipinski definition) is 1. The van der Waals surface area contributed by atoms with Crippen molar-refractivity contribution in [2.45, 2.75) is 0 Å². The Kier molecular flexibility index (Phi) is 2.53. The highest BCUT2D eigenvalue weighted by atomic mass is 19.1. The van der Waals surface area contributed by atoms with E-state index in [0.29, 0.717) is 5.56 Å². The van der Waals surface area contributed by atoms with E-state index >= 15 is 0 Å². The van der Waals surface area contributed by atoms with Crippen LogP contribution in [0.2, 0.25) is 0 Å². The first-order chi connectivity index (χ1) is 5.74. The van der Waals surface area contributed by atoms with E-state index in [0.717, 1.165) is 6.21 Å². The summed E-state index contributed by atoms with van der Waals surface area (Å²) in [7, 11) is 0. The van der Waals surface area contributed by atoms with E-state index in [-0.39, 0.29) is 11.6 Å². The fourth-order valence-corrected chi connectivity index (χ4v) is 0.756. The van der Waals surface area contributed by atoms with Crippen LogP contribution >= 0.6 is 0 Å². The molecule has 0 saturated heterocycles. The van der Waals surface area contributed by atoms with Crippen LogP contribution in [0.5, 0.6) is 0 Å². The van der Waals surface area contributed by atoms with E-state index in [2.05, 4.69) is 5.10 Å². The van der Waals surface area contributed by atoms with Crippen molar-refractivity contribution in [3.8, 4) is 0 Å². The van der Waals surface area contributed by atoms with E-state index < -0.39 is 0 Å². The number of benzene rings is 1. The predicted molar refractivity (Wildman–Crippen MR) is 43.4 cm³/mol. The van der Waals surface area contributed by atoms with Gasteiger partial charge in [-0.15, -0.1) is 0 Å². The molecule has 0 fully saturated rings. The minimum Gasteiger partial charge on any atom is -0.323 e. The summed E-state index contributed by atoms with van der Waals surface area (Å²) in [5, 5.41) is 3.07. The van der Waals surface area contributed by atoms with Crippen LogP contribution in [0, 0.1) is 5.82 Å². The Hall–Kier alpha value is -1.71. The average molecular weight is 166 g/mol. The number of carbonyl (C=O) groups excluding carboxylic acids is 1. The number of halogens is 1. The molecule has 0 amide bonds. The third-order valence-electron chi connectivity index (χ3n) is 1.32. The first-order valence-electron chi connectivity index (χ1n) is 3.27. The summed E-state index contributed by atoms with van der Waals surface area (Å²) in [6.07, 6.45) is 0.979. The number of ketones is 1. The Balaban J connectivity index is 2.90. The SMILES string of the molecule is N/N=C/C(=O)c1ccc(F)cc1. The fraction of sp³-hybridized carbons (Fsp3) is 0. The molecular formula is C8H7FN2O. The molecule has 3 nitrogen and oxygen atoms in total. The maximum absolute atomic E-state index is 12.4. The molecule has 1 aromatic carbocycles. The van der Waals surface area contributed by atoms with Crippen LogP contribution in [0.1, 0.15) is 10.4 Å². The smallest absolute Gasteiger partial charge is 0.205 e. The summed E-state index contributed by atoms with van der Waals surface area (Å²) in [5.41, 5.74) is 0.366. The predicted octanol–water partition coefficient (Wildman–Crippen LogP) is 0.953. The van der Waals surface area contributed by atoms with Gasteiger partial charge >= 0.3 is 0 Å². The Morgan fingerprint density at radius 2 is 2.00 bits per heavy atom. The van der Waals surface area contributed by atoms with Gasteiger partial charge in [0.1, 0.15) is 5.82 Å². The molecule has 0 spiro atoms. The molecule has 1 aromatic rings. The normalized spacial score (nSPS) is 10.4. The number of nitrogens with two attached hydrogens (primary N) is 1. The third kappa shape index (κ3) is 1.88. The molecule has 0 heterocycles. The molecule has 0 aromatic heterocycles. The molecule has 4 heteroatoms. The van der Waals surface area contributed by atoms with Gasteiger partial charge in [-0.05, 0) is 24.3 Å². The van der Waals surface area contributed by atoms with E-state index in [9.17, 15) is 9.18 Å². The lowest BCUT2D eigenvalue weighted by Gasteiger charge is -1.92. The van der Waals surface area contributed by atoms with Gasteiger partial charge in [-0.3, -0.25) is 4.79 Å². The molecule has 0 saturated carbocycles. The highest BCUT2D eigenvalue weighted by Crippen LogP contribution is 2.02. The average Bonchev–Trinajstić information content (AvgIpc) is 2.06. The standard InChI is InChI=1S/C8H7FN2O/c9-7-3-1-6(2-4-7)8(12)5-11-10/h1-5H,10H2/b11-5+. The number of hydrogen-bond acceptors (Lipinski definition) is 3. The number of nitrogens with zero attached hydrogens (tertiary/aromatic N) is 1. The van der Waals surface area contributed by atoms with Gasteiger partial charge in [0, 0.05) is 5.56 Å².